The number of sulfone groups is 1. The Morgan fingerprint density at radius 2 is 1.85 bits per heavy atom. The van der Waals surface area contributed by atoms with E-state index in [-0.39, 0.29) is 38.8 Å². The van der Waals surface area contributed by atoms with Crippen molar-refractivity contribution in [1.82, 2.24) is 9.97 Å². The van der Waals surface area contributed by atoms with Crippen LogP contribution in [0, 0.1) is 15.9 Å². The van der Waals surface area contributed by atoms with Crippen LogP contribution in [0.5, 0.6) is 5.75 Å². The lowest BCUT2D eigenvalue weighted by Gasteiger charge is -2.15. The van der Waals surface area contributed by atoms with Crippen LogP contribution in [0.1, 0.15) is 13.8 Å². The molecule has 0 saturated carbocycles. The van der Waals surface area contributed by atoms with Crippen molar-refractivity contribution < 1.29 is 22.5 Å². The predicted octanol–water partition coefficient (Wildman–Crippen LogP) is 4.86. The van der Waals surface area contributed by atoms with Gasteiger partial charge in [-0.1, -0.05) is 23.7 Å². The van der Waals surface area contributed by atoms with Gasteiger partial charge in [0.1, 0.15) is 5.02 Å². The molecule has 0 unspecified atom stereocenters. The van der Waals surface area contributed by atoms with Gasteiger partial charge < -0.3 is 15.4 Å². The monoisotopic (exact) mass is 495 g/mol. The van der Waals surface area contributed by atoms with Crippen molar-refractivity contribution in [1.29, 1.82) is 0 Å². The molecule has 3 aromatic rings. The van der Waals surface area contributed by atoms with Gasteiger partial charge in [0, 0.05) is 0 Å². The Bertz CT molecular complexity index is 1320. The Labute approximate surface area is 193 Å². The molecule has 0 saturated heterocycles. The summed E-state index contributed by atoms with van der Waals surface area (Å²) in [5, 5.41) is 16.3. The summed E-state index contributed by atoms with van der Waals surface area (Å²) in [6.45, 7) is 3.14. The lowest BCUT2D eigenvalue weighted by Crippen LogP contribution is -2.15. The van der Waals surface area contributed by atoms with Crippen molar-refractivity contribution in [3.05, 3.63) is 63.5 Å². The molecule has 1 aromatic heterocycles. The van der Waals surface area contributed by atoms with Crippen LogP contribution in [0.4, 0.5) is 33.2 Å². The van der Waals surface area contributed by atoms with Gasteiger partial charge in [0.2, 0.25) is 17.5 Å². The summed E-state index contributed by atoms with van der Waals surface area (Å²) in [7, 11) is -2.44. The van der Waals surface area contributed by atoms with E-state index in [2.05, 4.69) is 20.6 Å². The minimum atomic E-state index is -3.61. The Morgan fingerprint density at radius 1 is 1.15 bits per heavy atom. The average Bonchev–Trinajstić information content (AvgIpc) is 2.76. The van der Waals surface area contributed by atoms with Crippen LogP contribution in [-0.4, -0.2) is 35.7 Å². The molecular formula is C20H19ClFN5O5S. The molecule has 0 atom stereocenters. The Morgan fingerprint density at radius 3 is 2.48 bits per heavy atom. The van der Waals surface area contributed by atoms with Crippen molar-refractivity contribution in [2.45, 2.75) is 24.0 Å². The van der Waals surface area contributed by atoms with Crippen LogP contribution < -0.4 is 15.4 Å². The SMILES string of the molecule is COc1c(Nc2ncc(Cl)c(Nc3ccccc3S(=O)(=O)C(C)C)n2)ccc(F)c1[N+](=O)[O-]. The van der Waals surface area contributed by atoms with Gasteiger partial charge in [-0.25, -0.2) is 13.4 Å². The van der Waals surface area contributed by atoms with Gasteiger partial charge >= 0.3 is 5.69 Å². The van der Waals surface area contributed by atoms with Crippen molar-refractivity contribution >= 4 is 50.3 Å². The Hall–Kier alpha value is -3.51. The van der Waals surface area contributed by atoms with Crippen molar-refractivity contribution in [2.75, 3.05) is 17.7 Å². The highest BCUT2D eigenvalue weighted by Gasteiger charge is 2.26. The molecule has 0 aliphatic rings. The van der Waals surface area contributed by atoms with E-state index >= 15 is 0 Å². The quantitative estimate of drug-likeness (QED) is 0.331. The van der Waals surface area contributed by atoms with E-state index in [0.717, 1.165) is 13.2 Å². The Kier molecular flexibility index (Phi) is 6.98. The molecule has 0 spiro atoms. The van der Waals surface area contributed by atoms with E-state index < -0.39 is 31.5 Å². The number of nitrogens with zero attached hydrogens (tertiary/aromatic N) is 3. The summed E-state index contributed by atoms with van der Waals surface area (Å²) in [5.41, 5.74) is -0.544. The smallest absolute Gasteiger partial charge is 0.348 e. The largest absolute Gasteiger partial charge is 0.489 e. The molecule has 0 aliphatic carbocycles. The fourth-order valence-corrected chi connectivity index (χ4v) is 4.20. The third-order valence-electron chi connectivity index (χ3n) is 4.53. The summed E-state index contributed by atoms with van der Waals surface area (Å²) in [4.78, 5) is 18.6. The second-order valence-corrected chi connectivity index (χ2v) is 9.84. The van der Waals surface area contributed by atoms with Crippen molar-refractivity contribution in [3.63, 3.8) is 0 Å². The molecule has 2 N–H and O–H groups in total. The number of benzene rings is 2. The number of nitro benzene ring substituents is 1. The molecule has 0 amide bonds. The maximum absolute atomic E-state index is 13.9. The predicted molar refractivity (Wildman–Crippen MR) is 122 cm³/mol. The summed E-state index contributed by atoms with van der Waals surface area (Å²) in [6, 6.07) is 8.42. The molecule has 2 aromatic carbocycles. The van der Waals surface area contributed by atoms with Gasteiger partial charge in [-0.05, 0) is 38.1 Å². The number of anilines is 4. The third-order valence-corrected chi connectivity index (χ3v) is 7.01. The number of aromatic nitrogens is 2. The molecule has 13 heteroatoms. The molecule has 10 nitrogen and oxygen atoms in total. The van der Waals surface area contributed by atoms with Crippen LogP contribution in [0.15, 0.2) is 47.5 Å². The lowest BCUT2D eigenvalue weighted by atomic mass is 10.2. The first-order valence-electron chi connectivity index (χ1n) is 9.46. The van der Waals surface area contributed by atoms with Crippen molar-refractivity contribution in [2.24, 2.45) is 0 Å². The zero-order chi connectivity index (χ0) is 24.3. The van der Waals surface area contributed by atoms with Gasteiger partial charge in [0.15, 0.2) is 15.7 Å². The fraction of sp³-hybridized carbons (Fsp3) is 0.200. The number of nitro groups is 1. The molecule has 0 radical (unpaired) electrons. The number of halogens is 2. The van der Waals surface area contributed by atoms with Gasteiger partial charge in [-0.2, -0.15) is 9.37 Å². The number of para-hydroxylation sites is 1. The summed E-state index contributed by atoms with van der Waals surface area (Å²) in [5.74, 6) is -1.38. The highest BCUT2D eigenvalue weighted by atomic mass is 35.5. The standard InChI is InChI=1S/C20H19ClFN5O5S/c1-11(2)33(30,31)16-7-5-4-6-14(16)24-19-12(21)10-23-20(26-19)25-15-9-8-13(22)17(27(28)29)18(15)32-3/h4-11H,1-3H3,(H2,23,24,25,26). The van der Waals surface area contributed by atoms with E-state index in [1.165, 1.54) is 18.3 Å². The van der Waals surface area contributed by atoms with Gasteiger partial charge in [0.05, 0.1) is 39.8 Å². The molecule has 0 fully saturated rings. The molecule has 0 aliphatic heterocycles. The number of hydrogen-bond acceptors (Lipinski definition) is 9. The second-order valence-electron chi connectivity index (χ2n) is 6.96. The second kappa shape index (κ2) is 9.55. The molecule has 33 heavy (non-hydrogen) atoms. The molecule has 1 heterocycles. The van der Waals surface area contributed by atoms with E-state index in [0.29, 0.717) is 0 Å². The van der Waals surface area contributed by atoms with Crippen molar-refractivity contribution in [3.8, 4) is 5.75 Å². The van der Waals surface area contributed by atoms with Crippen LogP contribution >= 0.6 is 11.6 Å². The zero-order valence-corrected chi connectivity index (χ0v) is 19.2. The average molecular weight is 496 g/mol. The van der Waals surface area contributed by atoms with Crippen LogP contribution in [0.25, 0.3) is 0 Å². The number of hydrogen-bond donors (Lipinski definition) is 2. The first-order chi connectivity index (χ1) is 15.6. The highest BCUT2D eigenvalue weighted by Crippen LogP contribution is 2.38. The molecule has 0 bridgehead atoms. The maximum atomic E-state index is 13.9. The van der Waals surface area contributed by atoms with Crippen LogP contribution in [-0.2, 0) is 9.84 Å². The third kappa shape index (κ3) is 4.96. The van der Waals surface area contributed by atoms with Gasteiger partial charge in [-0.15, -0.1) is 0 Å². The van der Waals surface area contributed by atoms with Crippen LogP contribution in [0.3, 0.4) is 0 Å². The van der Waals surface area contributed by atoms with E-state index in [1.54, 1.807) is 32.0 Å². The van der Waals surface area contributed by atoms with Gasteiger partial charge in [0.25, 0.3) is 0 Å². The van der Waals surface area contributed by atoms with E-state index in [4.69, 9.17) is 16.3 Å². The van der Waals surface area contributed by atoms with E-state index in [9.17, 15) is 22.9 Å². The molecule has 3 rings (SSSR count). The first kappa shape index (κ1) is 24.1. The van der Waals surface area contributed by atoms with Crippen LogP contribution in [0.2, 0.25) is 5.02 Å². The minimum absolute atomic E-state index is 0.0432. The zero-order valence-electron chi connectivity index (χ0n) is 17.7. The lowest BCUT2D eigenvalue weighted by molar-refractivity contribution is -0.388. The molecule has 174 valence electrons. The maximum Gasteiger partial charge on any atom is 0.348 e. The Balaban J connectivity index is 2.00. The highest BCUT2D eigenvalue weighted by molar-refractivity contribution is 7.92. The summed E-state index contributed by atoms with van der Waals surface area (Å²) in [6.07, 6.45) is 1.25. The number of nitrogens with one attached hydrogen (secondary N) is 2. The van der Waals surface area contributed by atoms with E-state index in [1.807, 2.05) is 0 Å². The number of methoxy groups -OCH3 is 1. The summed E-state index contributed by atoms with van der Waals surface area (Å²) >= 11 is 6.20. The normalized spacial score (nSPS) is 11.3. The topological polar surface area (TPSA) is 136 Å². The minimum Gasteiger partial charge on any atom is -0.489 e. The summed E-state index contributed by atoms with van der Waals surface area (Å²) < 4.78 is 44.3. The van der Waals surface area contributed by atoms with Gasteiger partial charge in [-0.3, -0.25) is 10.1 Å². The fourth-order valence-electron chi connectivity index (χ4n) is 2.86. The first-order valence-corrected chi connectivity index (χ1v) is 11.4. The number of rotatable bonds is 8. The molecular weight excluding hydrogens is 477 g/mol. The number of ether oxygens (including phenoxy) is 1.